The molecule has 0 aliphatic rings. The van der Waals surface area contributed by atoms with E-state index in [-0.39, 0.29) is 6.03 Å². The lowest BCUT2D eigenvalue weighted by Crippen LogP contribution is -2.38. The normalized spacial score (nSPS) is 10.4. The van der Waals surface area contributed by atoms with Crippen molar-refractivity contribution in [2.24, 2.45) is 0 Å². The Hall–Kier alpha value is -1.26. The fourth-order valence-electron chi connectivity index (χ4n) is 1.28. The monoisotopic (exact) mass is 255 g/mol. The molecule has 0 aliphatic heterocycles. The molecule has 0 atom stereocenters. The lowest BCUT2D eigenvalue weighted by molar-refractivity contribution is 0.239. The van der Waals surface area contributed by atoms with E-state index in [4.69, 9.17) is 11.6 Å². The highest BCUT2D eigenvalue weighted by molar-refractivity contribution is 6.30. The van der Waals surface area contributed by atoms with E-state index in [1.54, 1.807) is 0 Å². The molecule has 0 fully saturated rings. The number of likely N-dealkylation sites (N-methyl/N-ethyl adjacent to an activating group) is 1. The first-order valence-corrected chi connectivity index (χ1v) is 5.86. The van der Waals surface area contributed by atoms with Crippen LogP contribution >= 0.6 is 11.6 Å². The van der Waals surface area contributed by atoms with Crippen LogP contribution in [0.3, 0.4) is 0 Å². The van der Waals surface area contributed by atoms with Crippen molar-refractivity contribution in [3.63, 3.8) is 0 Å². The van der Waals surface area contributed by atoms with Gasteiger partial charge in [0.25, 0.3) is 0 Å². The second-order valence-electron chi connectivity index (χ2n) is 4.04. The van der Waals surface area contributed by atoms with Crippen molar-refractivity contribution in [3.05, 3.63) is 34.9 Å². The Morgan fingerprint density at radius 2 is 2.12 bits per heavy atom. The van der Waals surface area contributed by atoms with Gasteiger partial charge in [0.05, 0.1) is 0 Å². The van der Waals surface area contributed by atoms with Gasteiger partial charge in [-0.05, 0) is 31.8 Å². The van der Waals surface area contributed by atoms with Crippen molar-refractivity contribution in [3.8, 4) is 0 Å². The molecule has 0 aromatic heterocycles. The molecule has 1 rings (SSSR count). The average molecular weight is 256 g/mol. The number of carbonyl (C=O) groups excluding carboxylic acids is 1. The van der Waals surface area contributed by atoms with Gasteiger partial charge in [0.1, 0.15) is 0 Å². The number of urea groups is 1. The third kappa shape index (κ3) is 6.14. The van der Waals surface area contributed by atoms with Crippen molar-refractivity contribution < 1.29 is 4.79 Å². The molecular weight excluding hydrogens is 238 g/mol. The number of carbonyl (C=O) groups is 1. The van der Waals surface area contributed by atoms with Crippen LogP contribution in [-0.2, 0) is 6.54 Å². The summed E-state index contributed by atoms with van der Waals surface area (Å²) in [7, 11) is 3.93. The maximum absolute atomic E-state index is 11.4. The van der Waals surface area contributed by atoms with Crippen LogP contribution < -0.4 is 10.6 Å². The van der Waals surface area contributed by atoms with E-state index in [1.807, 2.05) is 43.3 Å². The minimum absolute atomic E-state index is 0.160. The molecule has 94 valence electrons. The summed E-state index contributed by atoms with van der Waals surface area (Å²) in [5, 5.41) is 6.22. The van der Waals surface area contributed by atoms with Crippen LogP contribution in [-0.4, -0.2) is 38.1 Å². The second-order valence-corrected chi connectivity index (χ2v) is 4.48. The molecule has 1 aromatic rings. The van der Waals surface area contributed by atoms with E-state index in [9.17, 15) is 4.79 Å². The van der Waals surface area contributed by atoms with E-state index >= 15 is 0 Å². The molecular formula is C12H18ClN3O. The molecule has 1 aromatic carbocycles. The number of benzene rings is 1. The fraction of sp³-hybridized carbons (Fsp3) is 0.417. The second kappa shape index (κ2) is 7.14. The Morgan fingerprint density at radius 1 is 1.35 bits per heavy atom. The number of nitrogens with one attached hydrogen (secondary N) is 2. The van der Waals surface area contributed by atoms with E-state index < -0.39 is 0 Å². The number of halogens is 1. The summed E-state index contributed by atoms with van der Waals surface area (Å²) in [6.45, 7) is 1.94. The van der Waals surface area contributed by atoms with Gasteiger partial charge in [-0.15, -0.1) is 0 Å². The molecule has 4 nitrogen and oxygen atoms in total. The molecule has 0 radical (unpaired) electrons. The third-order valence-corrected chi connectivity index (χ3v) is 2.42. The molecule has 0 bridgehead atoms. The smallest absolute Gasteiger partial charge is 0.315 e. The van der Waals surface area contributed by atoms with Crippen LogP contribution in [0.2, 0.25) is 5.02 Å². The molecule has 0 saturated carbocycles. The standard InChI is InChI=1S/C12H18ClN3O/c1-16(2)7-6-14-12(17)15-9-10-4-3-5-11(13)8-10/h3-5,8H,6-7,9H2,1-2H3,(H2,14,15,17). The largest absolute Gasteiger partial charge is 0.337 e. The Kier molecular flexibility index (Phi) is 5.80. The van der Waals surface area contributed by atoms with E-state index in [0.717, 1.165) is 12.1 Å². The number of rotatable bonds is 5. The summed E-state index contributed by atoms with van der Waals surface area (Å²) in [5.74, 6) is 0. The molecule has 0 unspecified atom stereocenters. The highest BCUT2D eigenvalue weighted by Gasteiger charge is 2.00. The number of nitrogens with zero attached hydrogens (tertiary/aromatic N) is 1. The van der Waals surface area contributed by atoms with Gasteiger partial charge in [0, 0.05) is 24.7 Å². The van der Waals surface area contributed by atoms with E-state index in [2.05, 4.69) is 10.6 Å². The summed E-state index contributed by atoms with van der Waals surface area (Å²) in [6.07, 6.45) is 0. The maximum Gasteiger partial charge on any atom is 0.315 e. The SMILES string of the molecule is CN(C)CCNC(=O)NCc1cccc(Cl)c1. The van der Waals surface area contributed by atoms with Crippen LogP contribution in [0.25, 0.3) is 0 Å². The van der Waals surface area contributed by atoms with Gasteiger partial charge in [-0.3, -0.25) is 0 Å². The Morgan fingerprint density at radius 3 is 2.76 bits per heavy atom. The zero-order valence-electron chi connectivity index (χ0n) is 10.2. The van der Waals surface area contributed by atoms with Crippen LogP contribution in [0.1, 0.15) is 5.56 Å². The lowest BCUT2D eigenvalue weighted by Gasteiger charge is -2.11. The number of hydrogen-bond donors (Lipinski definition) is 2. The summed E-state index contributed by atoms with van der Waals surface area (Å²) in [5.41, 5.74) is 0.986. The van der Waals surface area contributed by atoms with Crippen molar-refractivity contribution in [2.45, 2.75) is 6.54 Å². The number of hydrogen-bond acceptors (Lipinski definition) is 2. The number of amides is 2. The molecule has 5 heteroatoms. The van der Waals surface area contributed by atoms with Crippen LogP contribution in [0.5, 0.6) is 0 Å². The third-order valence-electron chi connectivity index (χ3n) is 2.19. The topological polar surface area (TPSA) is 44.4 Å². The molecule has 0 saturated heterocycles. The molecule has 17 heavy (non-hydrogen) atoms. The Balaban J connectivity index is 2.24. The zero-order chi connectivity index (χ0) is 12.7. The van der Waals surface area contributed by atoms with Gasteiger partial charge in [0.2, 0.25) is 0 Å². The first kappa shape index (κ1) is 13.8. The fourth-order valence-corrected chi connectivity index (χ4v) is 1.50. The van der Waals surface area contributed by atoms with E-state index in [1.165, 1.54) is 0 Å². The summed E-state index contributed by atoms with van der Waals surface area (Å²) >= 11 is 5.84. The van der Waals surface area contributed by atoms with Gasteiger partial charge in [-0.2, -0.15) is 0 Å². The molecule has 0 aliphatic carbocycles. The van der Waals surface area contributed by atoms with Crippen molar-refractivity contribution in [2.75, 3.05) is 27.2 Å². The molecule has 2 amide bonds. The summed E-state index contributed by atoms with van der Waals surface area (Å²) in [6, 6.07) is 7.27. The Bertz CT molecular complexity index is 369. The zero-order valence-corrected chi connectivity index (χ0v) is 10.9. The summed E-state index contributed by atoms with van der Waals surface area (Å²) in [4.78, 5) is 13.4. The maximum atomic E-state index is 11.4. The quantitative estimate of drug-likeness (QED) is 0.841. The Labute approximate surface area is 107 Å². The predicted molar refractivity (Wildman–Crippen MR) is 70.2 cm³/mol. The van der Waals surface area contributed by atoms with Crippen molar-refractivity contribution >= 4 is 17.6 Å². The van der Waals surface area contributed by atoms with Gasteiger partial charge in [-0.1, -0.05) is 23.7 Å². The molecule has 0 heterocycles. The van der Waals surface area contributed by atoms with Crippen LogP contribution in [0, 0.1) is 0 Å². The van der Waals surface area contributed by atoms with Gasteiger partial charge >= 0.3 is 6.03 Å². The molecule has 0 spiro atoms. The first-order valence-electron chi connectivity index (χ1n) is 5.49. The van der Waals surface area contributed by atoms with Crippen molar-refractivity contribution in [1.29, 1.82) is 0 Å². The van der Waals surface area contributed by atoms with Crippen LogP contribution in [0.15, 0.2) is 24.3 Å². The molecule has 2 N–H and O–H groups in total. The predicted octanol–water partition coefficient (Wildman–Crippen LogP) is 1.70. The minimum atomic E-state index is -0.160. The van der Waals surface area contributed by atoms with Gasteiger partial charge in [0.15, 0.2) is 0 Å². The van der Waals surface area contributed by atoms with Crippen molar-refractivity contribution in [1.82, 2.24) is 15.5 Å². The van der Waals surface area contributed by atoms with Gasteiger partial charge < -0.3 is 15.5 Å². The van der Waals surface area contributed by atoms with Crippen LogP contribution in [0.4, 0.5) is 4.79 Å². The minimum Gasteiger partial charge on any atom is -0.337 e. The highest BCUT2D eigenvalue weighted by atomic mass is 35.5. The van der Waals surface area contributed by atoms with Gasteiger partial charge in [-0.25, -0.2) is 4.79 Å². The lowest BCUT2D eigenvalue weighted by atomic mass is 10.2. The highest BCUT2D eigenvalue weighted by Crippen LogP contribution is 2.09. The summed E-state index contributed by atoms with van der Waals surface area (Å²) < 4.78 is 0. The average Bonchev–Trinajstić information content (AvgIpc) is 2.26. The van der Waals surface area contributed by atoms with E-state index in [0.29, 0.717) is 18.1 Å². The first-order chi connectivity index (χ1) is 8.08.